The van der Waals surface area contributed by atoms with Crippen molar-refractivity contribution < 1.29 is 4.79 Å². The highest BCUT2D eigenvalue weighted by Gasteiger charge is 2.17. The molecule has 0 spiro atoms. The van der Waals surface area contributed by atoms with Crippen LogP contribution in [0.5, 0.6) is 0 Å². The van der Waals surface area contributed by atoms with Crippen LogP contribution in [-0.4, -0.2) is 16.5 Å². The Kier molecular flexibility index (Phi) is 3.28. The van der Waals surface area contributed by atoms with Crippen molar-refractivity contribution in [1.82, 2.24) is 9.88 Å². The first-order chi connectivity index (χ1) is 9.24. The summed E-state index contributed by atoms with van der Waals surface area (Å²) in [5.41, 5.74) is 2.40. The molecule has 1 N–H and O–H groups in total. The molecule has 1 heterocycles. The van der Waals surface area contributed by atoms with Crippen molar-refractivity contribution in [3.63, 3.8) is 0 Å². The third-order valence-corrected chi connectivity index (χ3v) is 4.07. The molecule has 1 fully saturated rings. The molecule has 3 nitrogen and oxygen atoms in total. The predicted molar refractivity (Wildman–Crippen MR) is 77.1 cm³/mol. The standard InChI is InChI=1S/C16H20N2O/c1-12-5-4-8-15-14(12)9-10-18(15)11-16(19)17-13-6-2-3-7-13/h4-5,8-10,13H,2-3,6-7,11H2,1H3,(H,17,19). The van der Waals surface area contributed by atoms with Gasteiger partial charge in [0.2, 0.25) is 5.91 Å². The maximum atomic E-state index is 12.1. The van der Waals surface area contributed by atoms with E-state index < -0.39 is 0 Å². The molecule has 0 unspecified atom stereocenters. The minimum Gasteiger partial charge on any atom is -0.352 e. The second kappa shape index (κ2) is 5.08. The van der Waals surface area contributed by atoms with Gasteiger partial charge in [0.05, 0.1) is 0 Å². The minimum atomic E-state index is 0.130. The zero-order valence-electron chi connectivity index (χ0n) is 11.4. The fraction of sp³-hybridized carbons (Fsp3) is 0.438. The third-order valence-electron chi connectivity index (χ3n) is 4.07. The van der Waals surface area contributed by atoms with E-state index in [0.29, 0.717) is 12.6 Å². The molecular weight excluding hydrogens is 236 g/mol. The van der Waals surface area contributed by atoms with Crippen molar-refractivity contribution in [2.24, 2.45) is 0 Å². The Labute approximate surface area is 113 Å². The van der Waals surface area contributed by atoms with Gasteiger partial charge >= 0.3 is 0 Å². The molecule has 0 atom stereocenters. The molecule has 0 saturated heterocycles. The lowest BCUT2D eigenvalue weighted by molar-refractivity contribution is -0.122. The molecule has 3 heteroatoms. The number of aromatic nitrogens is 1. The van der Waals surface area contributed by atoms with Gasteiger partial charge in [0, 0.05) is 23.1 Å². The van der Waals surface area contributed by atoms with Gasteiger partial charge in [-0.05, 0) is 37.5 Å². The van der Waals surface area contributed by atoms with E-state index in [0.717, 1.165) is 18.4 Å². The summed E-state index contributed by atoms with van der Waals surface area (Å²) in [7, 11) is 0. The van der Waals surface area contributed by atoms with Crippen molar-refractivity contribution in [3.8, 4) is 0 Å². The number of benzene rings is 1. The Morgan fingerprint density at radius 1 is 1.32 bits per heavy atom. The number of amides is 1. The normalized spacial score (nSPS) is 16.1. The van der Waals surface area contributed by atoms with E-state index in [4.69, 9.17) is 0 Å². The lowest BCUT2D eigenvalue weighted by Crippen LogP contribution is -2.35. The number of hydrogen-bond donors (Lipinski definition) is 1. The lowest BCUT2D eigenvalue weighted by Gasteiger charge is -2.12. The number of aryl methyl sites for hydroxylation is 1. The number of carbonyl (C=O) groups is 1. The quantitative estimate of drug-likeness (QED) is 0.900. The van der Waals surface area contributed by atoms with Crippen LogP contribution < -0.4 is 5.32 Å². The molecule has 1 amide bonds. The average Bonchev–Trinajstić information content (AvgIpc) is 3.01. The fourth-order valence-corrected chi connectivity index (χ4v) is 3.01. The first kappa shape index (κ1) is 12.3. The van der Waals surface area contributed by atoms with Crippen LogP contribution in [0.15, 0.2) is 30.5 Å². The van der Waals surface area contributed by atoms with E-state index in [1.165, 1.54) is 23.8 Å². The Bertz CT molecular complexity index is 594. The number of rotatable bonds is 3. The van der Waals surface area contributed by atoms with Gasteiger partial charge in [-0.3, -0.25) is 4.79 Å². The molecule has 19 heavy (non-hydrogen) atoms. The van der Waals surface area contributed by atoms with Crippen LogP contribution >= 0.6 is 0 Å². The molecule has 1 aromatic carbocycles. The van der Waals surface area contributed by atoms with Gasteiger partial charge in [-0.15, -0.1) is 0 Å². The predicted octanol–water partition coefficient (Wildman–Crippen LogP) is 3.01. The van der Waals surface area contributed by atoms with E-state index in [9.17, 15) is 4.79 Å². The highest BCUT2D eigenvalue weighted by molar-refractivity contribution is 5.85. The van der Waals surface area contributed by atoms with E-state index >= 15 is 0 Å². The van der Waals surface area contributed by atoms with E-state index in [1.807, 2.05) is 16.8 Å². The Hall–Kier alpha value is -1.77. The van der Waals surface area contributed by atoms with Crippen LogP contribution in [0.1, 0.15) is 31.2 Å². The maximum Gasteiger partial charge on any atom is 0.240 e. The van der Waals surface area contributed by atoms with Crippen LogP contribution in [0.25, 0.3) is 10.9 Å². The van der Waals surface area contributed by atoms with Gasteiger partial charge in [0.1, 0.15) is 6.54 Å². The van der Waals surface area contributed by atoms with Gasteiger partial charge in [-0.25, -0.2) is 0 Å². The zero-order valence-corrected chi connectivity index (χ0v) is 11.4. The number of hydrogen-bond acceptors (Lipinski definition) is 1. The highest BCUT2D eigenvalue weighted by Crippen LogP contribution is 2.20. The van der Waals surface area contributed by atoms with Crippen LogP contribution in [-0.2, 0) is 11.3 Å². The first-order valence-corrected chi connectivity index (χ1v) is 7.08. The number of fused-ring (bicyclic) bond motifs is 1. The smallest absolute Gasteiger partial charge is 0.240 e. The number of nitrogens with zero attached hydrogens (tertiary/aromatic N) is 1. The second-order valence-corrected chi connectivity index (χ2v) is 5.50. The van der Waals surface area contributed by atoms with Crippen molar-refractivity contribution in [1.29, 1.82) is 0 Å². The summed E-state index contributed by atoms with van der Waals surface area (Å²) in [4.78, 5) is 12.1. The summed E-state index contributed by atoms with van der Waals surface area (Å²) in [6.07, 6.45) is 6.77. The second-order valence-electron chi connectivity index (χ2n) is 5.50. The topological polar surface area (TPSA) is 34.0 Å². The monoisotopic (exact) mass is 256 g/mol. The summed E-state index contributed by atoms with van der Waals surface area (Å²) in [5, 5.41) is 4.37. The molecule has 1 aliphatic carbocycles. The number of nitrogens with one attached hydrogen (secondary N) is 1. The number of carbonyl (C=O) groups excluding carboxylic acids is 1. The fourth-order valence-electron chi connectivity index (χ4n) is 3.01. The summed E-state index contributed by atoms with van der Waals surface area (Å²) in [5.74, 6) is 0.130. The van der Waals surface area contributed by atoms with Crippen LogP contribution in [0.4, 0.5) is 0 Å². The Morgan fingerprint density at radius 2 is 2.11 bits per heavy atom. The Morgan fingerprint density at radius 3 is 2.89 bits per heavy atom. The van der Waals surface area contributed by atoms with Gasteiger partial charge < -0.3 is 9.88 Å². The van der Waals surface area contributed by atoms with Crippen molar-refractivity contribution in [3.05, 3.63) is 36.0 Å². The largest absolute Gasteiger partial charge is 0.352 e. The molecule has 100 valence electrons. The molecule has 3 rings (SSSR count). The van der Waals surface area contributed by atoms with Crippen LogP contribution in [0.2, 0.25) is 0 Å². The highest BCUT2D eigenvalue weighted by atomic mass is 16.2. The lowest BCUT2D eigenvalue weighted by atomic mass is 10.1. The van der Waals surface area contributed by atoms with Gasteiger partial charge in [0.15, 0.2) is 0 Å². The van der Waals surface area contributed by atoms with Gasteiger partial charge in [0.25, 0.3) is 0 Å². The Balaban J connectivity index is 1.74. The molecule has 1 aromatic heterocycles. The minimum absolute atomic E-state index is 0.130. The van der Waals surface area contributed by atoms with Crippen molar-refractivity contribution in [2.45, 2.75) is 45.2 Å². The zero-order chi connectivity index (χ0) is 13.2. The maximum absolute atomic E-state index is 12.1. The summed E-state index contributed by atoms with van der Waals surface area (Å²) in [6, 6.07) is 8.71. The molecule has 0 radical (unpaired) electrons. The van der Waals surface area contributed by atoms with Crippen LogP contribution in [0.3, 0.4) is 0 Å². The summed E-state index contributed by atoms with van der Waals surface area (Å²) < 4.78 is 2.03. The van der Waals surface area contributed by atoms with Crippen molar-refractivity contribution >= 4 is 16.8 Å². The molecule has 0 bridgehead atoms. The van der Waals surface area contributed by atoms with Gasteiger partial charge in [-0.2, -0.15) is 0 Å². The van der Waals surface area contributed by atoms with E-state index in [2.05, 4.69) is 30.4 Å². The molecule has 2 aromatic rings. The summed E-state index contributed by atoms with van der Waals surface area (Å²) >= 11 is 0. The molecule has 1 aliphatic rings. The van der Waals surface area contributed by atoms with Crippen LogP contribution in [0, 0.1) is 6.92 Å². The van der Waals surface area contributed by atoms with Crippen molar-refractivity contribution in [2.75, 3.05) is 0 Å². The van der Waals surface area contributed by atoms with E-state index in [-0.39, 0.29) is 5.91 Å². The van der Waals surface area contributed by atoms with Gasteiger partial charge in [-0.1, -0.05) is 25.0 Å². The molecular formula is C16H20N2O. The molecule has 1 saturated carbocycles. The first-order valence-electron chi connectivity index (χ1n) is 7.08. The average molecular weight is 256 g/mol. The molecule has 0 aliphatic heterocycles. The SMILES string of the molecule is Cc1cccc2c1ccn2CC(=O)NC1CCCC1. The third kappa shape index (κ3) is 2.50. The van der Waals surface area contributed by atoms with E-state index in [1.54, 1.807) is 0 Å². The summed E-state index contributed by atoms with van der Waals surface area (Å²) in [6.45, 7) is 2.52.